The lowest BCUT2D eigenvalue weighted by molar-refractivity contribution is -0.119. The number of fused-ring (bicyclic) bond motifs is 1. The van der Waals surface area contributed by atoms with Crippen LogP contribution in [0.15, 0.2) is 79.0 Å². The summed E-state index contributed by atoms with van der Waals surface area (Å²) in [5.74, 6) is -0.150. The number of aromatic nitrogens is 1. The second kappa shape index (κ2) is 10.5. The van der Waals surface area contributed by atoms with E-state index in [0.29, 0.717) is 16.3 Å². The number of likely N-dealkylation sites (tertiary alicyclic amines) is 1. The molecule has 1 atom stereocenters. The number of pyridine rings is 1. The highest BCUT2D eigenvalue weighted by Crippen LogP contribution is 2.24. The smallest absolute Gasteiger partial charge is 0.255 e. The molecule has 0 aliphatic carbocycles. The van der Waals surface area contributed by atoms with E-state index in [4.69, 9.17) is 11.6 Å². The van der Waals surface area contributed by atoms with Crippen LogP contribution < -0.4 is 10.6 Å². The van der Waals surface area contributed by atoms with E-state index in [1.165, 1.54) is 0 Å². The number of amides is 2. The van der Waals surface area contributed by atoms with Crippen molar-refractivity contribution in [3.8, 4) is 11.1 Å². The Morgan fingerprint density at radius 2 is 1.72 bits per heavy atom. The average molecular weight is 499 g/mol. The Bertz CT molecular complexity index is 1400. The van der Waals surface area contributed by atoms with Crippen molar-refractivity contribution in [2.45, 2.75) is 25.9 Å². The molecule has 1 fully saturated rings. The first kappa shape index (κ1) is 24.0. The minimum Gasteiger partial charge on any atom is -0.352 e. The van der Waals surface area contributed by atoms with Crippen LogP contribution in [0.25, 0.3) is 22.0 Å². The molecule has 5 rings (SSSR count). The summed E-state index contributed by atoms with van der Waals surface area (Å²) >= 11 is 5.97. The van der Waals surface area contributed by atoms with Gasteiger partial charge in [0.05, 0.1) is 5.52 Å². The van der Waals surface area contributed by atoms with Crippen molar-refractivity contribution in [2.75, 3.05) is 18.4 Å². The van der Waals surface area contributed by atoms with Gasteiger partial charge in [-0.15, -0.1) is 0 Å². The van der Waals surface area contributed by atoms with Crippen LogP contribution >= 0.6 is 11.6 Å². The second-order valence-electron chi connectivity index (χ2n) is 9.21. The van der Waals surface area contributed by atoms with E-state index in [1.54, 1.807) is 6.92 Å². The lowest BCUT2D eigenvalue weighted by atomic mass is 10.0. The van der Waals surface area contributed by atoms with Gasteiger partial charge in [-0.05, 0) is 65.6 Å². The fraction of sp³-hybridized carbons (Fsp3) is 0.207. The first-order valence-corrected chi connectivity index (χ1v) is 12.4. The molecule has 7 heteroatoms. The molecular formula is C29H27ClN4O2. The minimum absolute atomic E-state index is 0.0204. The number of carbonyl (C=O) groups excluding carboxylic acids is 2. The predicted octanol–water partition coefficient (Wildman–Crippen LogP) is 5.52. The van der Waals surface area contributed by atoms with Crippen LogP contribution in [-0.2, 0) is 11.3 Å². The number of carbonyl (C=O) groups is 2. The van der Waals surface area contributed by atoms with Crippen molar-refractivity contribution in [3.63, 3.8) is 0 Å². The Labute approximate surface area is 215 Å². The maximum atomic E-state index is 12.8. The number of hydrogen-bond donors (Lipinski definition) is 2. The van der Waals surface area contributed by atoms with Gasteiger partial charge in [0.25, 0.3) is 5.91 Å². The van der Waals surface area contributed by atoms with Crippen LogP contribution in [-0.4, -0.2) is 40.8 Å². The first-order chi connectivity index (χ1) is 17.4. The summed E-state index contributed by atoms with van der Waals surface area (Å²) in [6, 6.07) is 23.2. The van der Waals surface area contributed by atoms with Crippen LogP contribution in [0.4, 0.5) is 5.69 Å². The second-order valence-corrected chi connectivity index (χ2v) is 9.65. The average Bonchev–Trinajstić information content (AvgIpc) is 3.30. The lowest BCUT2D eigenvalue weighted by Crippen LogP contribution is -2.35. The molecular weight excluding hydrogens is 472 g/mol. The van der Waals surface area contributed by atoms with Gasteiger partial charge in [0.1, 0.15) is 0 Å². The number of halogens is 1. The monoisotopic (exact) mass is 498 g/mol. The number of nitrogens with one attached hydrogen (secondary N) is 2. The zero-order chi connectivity index (χ0) is 25.1. The van der Waals surface area contributed by atoms with Gasteiger partial charge in [-0.2, -0.15) is 0 Å². The molecule has 1 unspecified atom stereocenters. The van der Waals surface area contributed by atoms with Crippen molar-refractivity contribution in [1.29, 1.82) is 0 Å². The van der Waals surface area contributed by atoms with Gasteiger partial charge in [-0.3, -0.25) is 19.5 Å². The maximum Gasteiger partial charge on any atom is 0.255 e. The molecule has 182 valence electrons. The third-order valence-corrected chi connectivity index (χ3v) is 6.66. The van der Waals surface area contributed by atoms with Gasteiger partial charge in [0, 0.05) is 60.5 Å². The summed E-state index contributed by atoms with van der Waals surface area (Å²) in [5.41, 5.74) is 5.30. The Morgan fingerprint density at radius 1 is 1.00 bits per heavy atom. The van der Waals surface area contributed by atoms with Crippen LogP contribution in [0.2, 0.25) is 5.02 Å². The molecule has 2 heterocycles. The van der Waals surface area contributed by atoms with Crippen molar-refractivity contribution < 1.29 is 9.59 Å². The fourth-order valence-corrected chi connectivity index (χ4v) is 4.76. The zero-order valence-electron chi connectivity index (χ0n) is 20.0. The van der Waals surface area contributed by atoms with E-state index in [0.717, 1.165) is 53.6 Å². The number of hydrogen-bond acceptors (Lipinski definition) is 4. The molecule has 0 spiro atoms. The Morgan fingerprint density at radius 3 is 2.44 bits per heavy atom. The minimum atomic E-state index is -0.170. The van der Waals surface area contributed by atoms with Crippen molar-refractivity contribution in [2.24, 2.45) is 0 Å². The first-order valence-electron chi connectivity index (χ1n) is 12.0. The summed E-state index contributed by atoms with van der Waals surface area (Å²) in [5, 5.41) is 7.69. The largest absolute Gasteiger partial charge is 0.352 e. The highest BCUT2D eigenvalue weighted by Gasteiger charge is 2.23. The van der Waals surface area contributed by atoms with Crippen LogP contribution in [0.3, 0.4) is 0 Å². The Hall–Kier alpha value is -3.74. The van der Waals surface area contributed by atoms with E-state index in [9.17, 15) is 9.59 Å². The van der Waals surface area contributed by atoms with Crippen LogP contribution in [0, 0.1) is 0 Å². The molecule has 1 aliphatic heterocycles. The van der Waals surface area contributed by atoms with Gasteiger partial charge < -0.3 is 10.6 Å². The number of anilines is 1. The van der Waals surface area contributed by atoms with Crippen LogP contribution in [0.5, 0.6) is 0 Å². The number of rotatable bonds is 6. The van der Waals surface area contributed by atoms with Crippen LogP contribution in [0.1, 0.15) is 29.3 Å². The van der Waals surface area contributed by atoms with Gasteiger partial charge in [-0.25, -0.2) is 0 Å². The van der Waals surface area contributed by atoms with Gasteiger partial charge in [-0.1, -0.05) is 41.9 Å². The fourth-order valence-electron chi connectivity index (χ4n) is 4.63. The van der Waals surface area contributed by atoms with Crippen molar-refractivity contribution in [3.05, 3.63) is 95.1 Å². The molecule has 1 aliphatic rings. The summed E-state index contributed by atoms with van der Waals surface area (Å²) in [4.78, 5) is 31.1. The van der Waals surface area contributed by atoms with E-state index in [2.05, 4.69) is 26.6 Å². The standard InChI is InChI=1S/C29H27ClN4O2/c1-19(35)32-27-12-13-34(18-27)17-20-14-24-8-11-26(15-28(24)31-16-20)33-29(36)23-4-2-21(3-5-23)22-6-9-25(30)10-7-22/h2-11,14-16,27H,12-13,17-18H2,1H3,(H,32,35)(H,33,36). The quantitative estimate of drug-likeness (QED) is 0.367. The van der Waals surface area contributed by atoms with E-state index >= 15 is 0 Å². The predicted molar refractivity (Wildman–Crippen MR) is 144 cm³/mol. The molecule has 2 amide bonds. The molecule has 0 saturated carbocycles. The van der Waals surface area contributed by atoms with Gasteiger partial charge in [0.15, 0.2) is 0 Å². The van der Waals surface area contributed by atoms with Crippen molar-refractivity contribution in [1.82, 2.24) is 15.2 Å². The molecule has 1 saturated heterocycles. The highest BCUT2D eigenvalue weighted by molar-refractivity contribution is 6.30. The van der Waals surface area contributed by atoms with Gasteiger partial charge in [0.2, 0.25) is 5.91 Å². The molecule has 4 aromatic rings. The molecule has 36 heavy (non-hydrogen) atoms. The summed E-state index contributed by atoms with van der Waals surface area (Å²) in [6.07, 6.45) is 2.85. The number of benzene rings is 3. The Kier molecular flexibility index (Phi) is 6.98. The van der Waals surface area contributed by atoms with E-state index in [1.807, 2.05) is 72.9 Å². The van der Waals surface area contributed by atoms with Gasteiger partial charge >= 0.3 is 0 Å². The molecule has 2 N–H and O–H groups in total. The highest BCUT2D eigenvalue weighted by atomic mass is 35.5. The normalized spacial score (nSPS) is 15.7. The van der Waals surface area contributed by atoms with E-state index < -0.39 is 0 Å². The molecule has 6 nitrogen and oxygen atoms in total. The molecule has 0 bridgehead atoms. The number of nitrogens with zero attached hydrogens (tertiary/aromatic N) is 2. The third kappa shape index (κ3) is 5.73. The lowest BCUT2D eigenvalue weighted by Gasteiger charge is -2.16. The maximum absolute atomic E-state index is 12.8. The molecule has 0 radical (unpaired) electrons. The third-order valence-electron chi connectivity index (χ3n) is 6.41. The van der Waals surface area contributed by atoms with E-state index in [-0.39, 0.29) is 17.9 Å². The topological polar surface area (TPSA) is 74.3 Å². The molecule has 1 aromatic heterocycles. The molecule has 3 aromatic carbocycles. The Balaban J connectivity index is 1.22. The SMILES string of the molecule is CC(=O)NC1CCN(Cc2cnc3cc(NC(=O)c4ccc(-c5ccc(Cl)cc5)cc4)ccc3c2)C1. The summed E-state index contributed by atoms with van der Waals surface area (Å²) in [6.45, 7) is 4.16. The van der Waals surface area contributed by atoms with Crippen molar-refractivity contribution >= 4 is 40.0 Å². The summed E-state index contributed by atoms with van der Waals surface area (Å²) < 4.78 is 0. The summed E-state index contributed by atoms with van der Waals surface area (Å²) in [7, 11) is 0. The zero-order valence-corrected chi connectivity index (χ0v) is 20.8.